The monoisotopic (exact) mass is 373 g/mol. The summed E-state index contributed by atoms with van der Waals surface area (Å²) < 4.78 is 0. The third-order valence-corrected chi connectivity index (χ3v) is 3.37. The predicted molar refractivity (Wildman–Crippen MR) is 90.9 cm³/mol. The number of anilines is 1. The zero-order valence-electron chi connectivity index (χ0n) is 14.5. The van der Waals surface area contributed by atoms with Gasteiger partial charge in [-0.2, -0.15) is 5.26 Å². The number of rotatable bonds is 6. The van der Waals surface area contributed by atoms with Crippen LogP contribution in [-0.4, -0.2) is 11.9 Å². The summed E-state index contributed by atoms with van der Waals surface area (Å²) in [7, 11) is 0. The van der Waals surface area contributed by atoms with E-state index in [1.165, 1.54) is 6.08 Å². The molecule has 7 heteroatoms. The van der Waals surface area contributed by atoms with E-state index in [0.717, 1.165) is 0 Å². The Morgan fingerprint density at radius 3 is 2.27 bits per heavy atom. The second-order valence-corrected chi connectivity index (χ2v) is 5.31. The first-order valence-corrected chi connectivity index (χ1v) is 7.51. The van der Waals surface area contributed by atoms with Crippen molar-refractivity contribution in [1.29, 1.82) is 5.26 Å². The van der Waals surface area contributed by atoms with E-state index in [4.69, 9.17) is 5.26 Å². The molecule has 0 aliphatic rings. The molecule has 1 amide bonds. The standard InChI is InChI=1S/C19H17N3O3.K/c1-13(21-18(19(24)25)15-5-3-2-4-6-15)11-17(23)22-16-9-7-14(12-20)8-10-16;/h2-11,18,21H,1H3,(H,22,23)(H,24,25);/q;+1/p-1/t18-;/m0./s1. The van der Waals surface area contributed by atoms with Gasteiger partial charge >= 0.3 is 51.4 Å². The first-order chi connectivity index (χ1) is 12.0. The molecule has 126 valence electrons. The number of aliphatic carboxylic acids is 1. The van der Waals surface area contributed by atoms with Gasteiger partial charge in [-0.05, 0) is 36.8 Å². The van der Waals surface area contributed by atoms with E-state index in [1.807, 2.05) is 6.07 Å². The third-order valence-electron chi connectivity index (χ3n) is 3.37. The second-order valence-electron chi connectivity index (χ2n) is 5.31. The van der Waals surface area contributed by atoms with Gasteiger partial charge in [-0.25, -0.2) is 0 Å². The summed E-state index contributed by atoms with van der Waals surface area (Å²) >= 11 is 0. The number of nitrogens with zero attached hydrogens (tertiary/aromatic N) is 1. The molecule has 1 atom stereocenters. The molecule has 0 saturated carbocycles. The van der Waals surface area contributed by atoms with Crippen molar-refractivity contribution < 1.29 is 66.1 Å². The normalized spacial score (nSPS) is 11.5. The van der Waals surface area contributed by atoms with E-state index in [-0.39, 0.29) is 51.4 Å². The molecule has 0 radical (unpaired) electrons. The number of benzene rings is 2. The van der Waals surface area contributed by atoms with Crippen molar-refractivity contribution in [1.82, 2.24) is 5.32 Å². The molecule has 26 heavy (non-hydrogen) atoms. The minimum atomic E-state index is -1.29. The Bertz CT molecular complexity index is 827. The number of carboxylic acids is 1. The van der Waals surface area contributed by atoms with Gasteiger partial charge in [-0.15, -0.1) is 0 Å². The van der Waals surface area contributed by atoms with Gasteiger partial charge in [0.2, 0.25) is 5.91 Å². The first-order valence-electron chi connectivity index (χ1n) is 7.51. The summed E-state index contributed by atoms with van der Waals surface area (Å²) in [6.45, 7) is 1.59. The Kier molecular flexibility index (Phi) is 9.27. The number of carbonyl (C=O) groups is 2. The maximum atomic E-state index is 12.0. The van der Waals surface area contributed by atoms with Crippen molar-refractivity contribution in [3.8, 4) is 6.07 Å². The van der Waals surface area contributed by atoms with E-state index < -0.39 is 17.9 Å². The van der Waals surface area contributed by atoms with Crippen LogP contribution in [0.2, 0.25) is 0 Å². The van der Waals surface area contributed by atoms with Gasteiger partial charge < -0.3 is 20.5 Å². The van der Waals surface area contributed by atoms with E-state index >= 15 is 0 Å². The number of hydrogen-bond acceptors (Lipinski definition) is 5. The maximum Gasteiger partial charge on any atom is 1.00 e. The Morgan fingerprint density at radius 1 is 1.12 bits per heavy atom. The smallest absolute Gasteiger partial charge is 0.548 e. The molecule has 0 fully saturated rings. The fourth-order valence-electron chi connectivity index (χ4n) is 2.20. The minimum absolute atomic E-state index is 0. The molecule has 0 bridgehead atoms. The molecule has 0 saturated heterocycles. The molecule has 0 aliphatic heterocycles. The molecule has 2 N–H and O–H groups in total. The first kappa shape index (κ1) is 22.1. The van der Waals surface area contributed by atoms with Gasteiger partial charge in [0.25, 0.3) is 0 Å². The summed E-state index contributed by atoms with van der Waals surface area (Å²) in [6, 6.07) is 15.9. The van der Waals surface area contributed by atoms with E-state index in [2.05, 4.69) is 10.6 Å². The zero-order chi connectivity index (χ0) is 18.2. The van der Waals surface area contributed by atoms with Crippen molar-refractivity contribution in [2.24, 2.45) is 0 Å². The molecule has 0 unspecified atom stereocenters. The predicted octanol–water partition coefficient (Wildman–Crippen LogP) is -1.51. The largest absolute Gasteiger partial charge is 1.00 e. The van der Waals surface area contributed by atoms with E-state index in [0.29, 0.717) is 22.5 Å². The van der Waals surface area contributed by atoms with Gasteiger partial charge in [0.05, 0.1) is 23.6 Å². The molecule has 6 nitrogen and oxygen atoms in total. The minimum Gasteiger partial charge on any atom is -0.548 e. The van der Waals surface area contributed by atoms with E-state index in [1.54, 1.807) is 61.5 Å². The van der Waals surface area contributed by atoms with Crippen molar-refractivity contribution in [3.05, 3.63) is 77.5 Å². The summed E-state index contributed by atoms with van der Waals surface area (Å²) in [5, 5.41) is 25.5. The Balaban J connectivity index is 0.00000338. The molecule has 0 aromatic heterocycles. The Morgan fingerprint density at radius 2 is 1.73 bits per heavy atom. The summed E-state index contributed by atoms with van der Waals surface area (Å²) in [4.78, 5) is 23.4. The van der Waals surface area contributed by atoms with E-state index in [9.17, 15) is 14.7 Å². The summed E-state index contributed by atoms with van der Waals surface area (Å²) in [5.74, 6) is -1.70. The number of hydrogen-bond donors (Lipinski definition) is 2. The number of allylic oxidation sites excluding steroid dienone is 1. The number of carbonyl (C=O) groups excluding carboxylic acids is 2. The number of nitriles is 1. The van der Waals surface area contributed by atoms with Crippen molar-refractivity contribution in [2.75, 3.05) is 5.32 Å². The van der Waals surface area contributed by atoms with Crippen molar-refractivity contribution in [3.63, 3.8) is 0 Å². The van der Waals surface area contributed by atoms with Crippen LogP contribution in [-0.2, 0) is 9.59 Å². The number of amides is 1. The van der Waals surface area contributed by atoms with Gasteiger partial charge in [-0.3, -0.25) is 4.79 Å². The summed E-state index contributed by atoms with van der Waals surface area (Å²) in [6.07, 6.45) is 1.26. The van der Waals surface area contributed by atoms with Crippen LogP contribution < -0.4 is 67.1 Å². The van der Waals surface area contributed by atoms with Crippen LogP contribution in [0.25, 0.3) is 0 Å². The van der Waals surface area contributed by atoms with Crippen LogP contribution >= 0.6 is 0 Å². The van der Waals surface area contributed by atoms with Crippen LogP contribution in [0.5, 0.6) is 0 Å². The molecule has 2 aromatic rings. The molecule has 2 rings (SSSR count). The zero-order valence-corrected chi connectivity index (χ0v) is 17.6. The van der Waals surface area contributed by atoms with Crippen LogP contribution in [0.1, 0.15) is 24.1 Å². The number of nitrogens with one attached hydrogen (secondary N) is 2. The maximum absolute atomic E-state index is 12.0. The molecular weight excluding hydrogens is 357 g/mol. The quantitative estimate of drug-likeness (QED) is 0.473. The SMILES string of the molecule is CC(=CC(=O)Nc1ccc(C#N)cc1)N[C@H](C(=O)[O-])c1ccccc1.[K+]. The van der Waals surface area contributed by atoms with Crippen LogP contribution in [0.4, 0.5) is 5.69 Å². The third kappa shape index (κ3) is 6.75. The summed E-state index contributed by atoms with van der Waals surface area (Å²) in [5.41, 5.74) is 1.94. The fourth-order valence-corrected chi connectivity index (χ4v) is 2.20. The molecule has 0 spiro atoms. The second kappa shape index (κ2) is 10.9. The fraction of sp³-hybridized carbons (Fsp3) is 0.105. The van der Waals surface area contributed by atoms with Gasteiger partial charge in [0.15, 0.2) is 0 Å². The van der Waals surface area contributed by atoms with Gasteiger partial charge in [0.1, 0.15) is 0 Å². The number of carboxylic acid groups (broad SMARTS) is 1. The topological polar surface area (TPSA) is 105 Å². The Hall–Kier alpha value is -1.95. The Labute approximate surface area is 194 Å². The molecule has 0 heterocycles. The molecular formula is C19H16KN3O3. The molecule has 2 aromatic carbocycles. The van der Waals surface area contributed by atoms with Crippen molar-refractivity contribution >= 4 is 17.6 Å². The molecule has 0 aliphatic carbocycles. The van der Waals surface area contributed by atoms with Gasteiger partial charge in [-0.1, -0.05) is 30.3 Å². The average Bonchev–Trinajstić information content (AvgIpc) is 2.60. The average molecular weight is 373 g/mol. The van der Waals surface area contributed by atoms with Crippen LogP contribution in [0.3, 0.4) is 0 Å². The van der Waals surface area contributed by atoms with Gasteiger partial charge in [0, 0.05) is 17.5 Å². The van der Waals surface area contributed by atoms with Crippen LogP contribution in [0.15, 0.2) is 66.4 Å². The van der Waals surface area contributed by atoms with Crippen LogP contribution in [0, 0.1) is 11.3 Å². The van der Waals surface area contributed by atoms with Crippen molar-refractivity contribution in [2.45, 2.75) is 13.0 Å².